The summed E-state index contributed by atoms with van der Waals surface area (Å²) in [5.41, 5.74) is 1.38. The number of rotatable bonds is 7. The summed E-state index contributed by atoms with van der Waals surface area (Å²) < 4.78 is 10.6. The Kier molecular flexibility index (Phi) is 6.66. The number of hydrogen-bond donors (Lipinski definition) is 1. The van der Waals surface area contributed by atoms with Crippen molar-refractivity contribution < 1.29 is 9.47 Å². The molecule has 0 atom stereocenters. The van der Waals surface area contributed by atoms with Crippen molar-refractivity contribution in [1.29, 1.82) is 0 Å². The third kappa shape index (κ3) is 5.37. The highest BCUT2D eigenvalue weighted by molar-refractivity contribution is 5.06. The second-order valence-corrected chi connectivity index (χ2v) is 3.43. The third-order valence-corrected chi connectivity index (χ3v) is 2.18. The zero-order chi connectivity index (χ0) is 10.1. The molecule has 0 saturated heterocycles. The first-order valence-electron chi connectivity index (χ1n) is 5.47. The first-order valence-corrected chi connectivity index (χ1v) is 5.47. The Morgan fingerprint density at radius 3 is 3.21 bits per heavy atom. The molecule has 0 aromatic carbocycles. The number of nitrogens with one attached hydrogen (secondary N) is 1. The summed E-state index contributed by atoms with van der Waals surface area (Å²) in [7, 11) is 0. The van der Waals surface area contributed by atoms with Gasteiger partial charge < -0.3 is 14.8 Å². The monoisotopic (exact) mass is 199 g/mol. The van der Waals surface area contributed by atoms with Gasteiger partial charge in [0.25, 0.3) is 0 Å². The molecule has 3 nitrogen and oxygen atoms in total. The largest absolute Gasteiger partial charge is 0.382 e. The molecular weight excluding hydrogens is 178 g/mol. The number of ether oxygens (including phenoxy) is 2. The topological polar surface area (TPSA) is 30.5 Å². The van der Waals surface area contributed by atoms with Crippen molar-refractivity contribution in [3.63, 3.8) is 0 Å². The van der Waals surface area contributed by atoms with E-state index in [9.17, 15) is 0 Å². The zero-order valence-electron chi connectivity index (χ0n) is 9.05. The highest BCUT2D eigenvalue weighted by atomic mass is 16.5. The smallest absolute Gasteiger partial charge is 0.0689 e. The van der Waals surface area contributed by atoms with E-state index in [-0.39, 0.29) is 0 Å². The molecule has 0 saturated carbocycles. The Morgan fingerprint density at radius 2 is 2.50 bits per heavy atom. The van der Waals surface area contributed by atoms with Gasteiger partial charge in [-0.1, -0.05) is 6.08 Å². The van der Waals surface area contributed by atoms with Crippen LogP contribution in [0.5, 0.6) is 0 Å². The summed E-state index contributed by atoms with van der Waals surface area (Å²) in [6.45, 7) is 7.38. The van der Waals surface area contributed by atoms with E-state index in [0.717, 1.165) is 52.4 Å². The summed E-state index contributed by atoms with van der Waals surface area (Å²) in [4.78, 5) is 0. The highest BCUT2D eigenvalue weighted by Gasteiger charge is 2.02. The Hall–Kier alpha value is -0.380. The molecule has 1 aliphatic rings. The molecule has 0 spiro atoms. The Bertz CT molecular complexity index is 169. The Labute approximate surface area is 86.5 Å². The van der Waals surface area contributed by atoms with Crippen molar-refractivity contribution in [1.82, 2.24) is 5.32 Å². The van der Waals surface area contributed by atoms with Crippen molar-refractivity contribution >= 4 is 0 Å². The molecule has 0 bridgehead atoms. The van der Waals surface area contributed by atoms with Crippen molar-refractivity contribution in [3.05, 3.63) is 11.6 Å². The molecule has 1 aliphatic heterocycles. The fraction of sp³-hybridized carbons (Fsp3) is 0.818. The maximum absolute atomic E-state index is 5.34. The molecule has 0 unspecified atom stereocenters. The lowest BCUT2D eigenvalue weighted by Gasteiger charge is -2.14. The van der Waals surface area contributed by atoms with Crippen LogP contribution in [0.2, 0.25) is 0 Å². The van der Waals surface area contributed by atoms with E-state index < -0.39 is 0 Å². The summed E-state index contributed by atoms with van der Waals surface area (Å²) >= 11 is 0. The zero-order valence-corrected chi connectivity index (χ0v) is 9.05. The van der Waals surface area contributed by atoms with Crippen LogP contribution in [0.1, 0.15) is 19.8 Å². The van der Waals surface area contributed by atoms with Gasteiger partial charge in [0, 0.05) is 19.8 Å². The third-order valence-electron chi connectivity index (χ3n) is 2.18. The quantitative estimate of drug-likeness (QED) is 0.496. The van der Waals surface area contributed by atoms with Crippen LogP contribution in [0.4, 0.5) is 0 Å². The maximum Gasteiger partial charge on any atom is 0.0689 e. The van der Waals surface area contributed by atoms with Crippen molar-refractivity contribution in [2.45, 2.75) is 19.8 Å². The molecule has 82 valence electrons. The van der Waals surface area contributed by atoms with E-state index in [1.807, 2.05) is 6.92 Å². The van der Waals surface area contributed by atoms with Gasteiger partial charge in [-0.3, -0.25) is 0 Å². The number of hydrogen-bond acceptors (Lipinski definition) is 3. The van der Waals surface area contributed by atoms with Crippen molar-refractivity contribution in [2.24, 2.45) is 0 Å². The summed E-state index contributed by atoms with van der Waals surface area (Å²) in [5.74, 6) is 0. The minimum absolute atomic E-state index is 0.804. The van der Waals surface area contributed by atoms with Gasteiger partial charge in [-0.15, -0.1) is 0 Å². The average Bonchev–Trinajstić information content (AvgIpc) is 2.25. The predicted molar refractivity (Wildman–Crippen MR) is 57.5 cm³/mol. The standard InChI is InChI=1S/C11H21NO2/c1-2-13-8-4-6-12-9-11-5-3-7-14-10-11/h5,12H,2-4,6-10H2,1H3. The van der Waals surface area contributed by atoms with E-state index in [4.69, 9.17) is 9.47 Å². The van der Waals surface area contributed by atoms with E-state index in [1.165, 1.54) is 5.57 Å². The van der Waals surface area contributed by atoms with E-state index >= 15 is 0 Å². The van der Waals surface area contributed by atoms with Crippen LogP contribution in [-0.2, 0) is 9.47 Å². The van der Waals surface area contributed by atoms with E-state index in [2.05, 4.69) is 11.4 Å². The predicted octanol–water partition coefficient (Wildman–Crippen LogP) is 1.35. The van der Waals surface area contributed by atoms with Crippen molar-refractivity contribution in [3.8, 4) is 0 Å². The molecule has 0 aromatic heterocycles. The minimum atomic E-state index is 0.804. The lowest BCUT2D eigenvalue weighted by atomic mass is 10.2. The summed E-state index contributed by atoms with van der Waals surface area (Å²) in [5, 5.41) is 3.39. The molecule has 0 aromatic rings. The maximum atomic E-state index is 5.34. The van der Waals surface area contributed by atoms with Crippen LogP contribution < -0.4 is 5.32 Å². The fourth-order valence-electron chi connectivity index (χ4n) is 1.42. The van der Waals surface area contributed by atoms with Gasteiger partial charge >= 0.3 is 0 Å². The second-order valence-electron chi connectivity index (χ2n) is 3.43. The normalized spacial score (nSPS) is 16.8. The van der Waals surface area contributed by atoms with E-state index in [1.54, 1.807) is 0 Å². The van der Waals surface area contributed by atoms with E-state index in [0.29, 0.717) is 0 Å². The Morgan fingerprint density at radius 1 is 1.57 bits per heavy atom. The van der Waals surface area contributed by atoms with Gasteiger partial charge in [0.15, 0.2) is 0 Å². The van der Waals surface area contributed by atoms with Crippen LogP contribution in [0, 0.1) is 0 Å². The molecule has 3 heteroatoms. The SMILES string of the molecule is CCOCCCNCC1=CCCOC1. The van der Waals surface area contributed by atoms with Crippen LogP contribution in [-0.4, -0.2) is 39.5 Å². The van der Waals surface area contributed by atoms with Crippen LogP contribution in [0.15, 0.2) is 11.6 Å². The molecule has 14 heavy (non-hydrogen) atoms. The fourth-order valence-corrected chi connectivity index (χ4v) is 1.42. The van der Waals surface area contributed by atoms with Gasteiger partial charge in [0.1, 0.15) is 0 Å². The lowest BCUT2D eigenvalue weighted by molar-refractivity contribution is 0.143. The molecule has 1 N–H and O–H groups in total. The van der Waals surface area contributed by atoms with Crippen molar-refractivity contribution in [2.75, 3.05) is 39.5 Å². The summed E-state index contributed by atoms with van der Waals surface area (Å²) in [6.07, 6.45) is 4.43. The average molecular weight is 199 g/mol. The molecular formula is C11H21NO2. The van der Waals surface area contributed by atoms with Gasteiger partial charge in [-0.25, -0.2) is 0 Å². The van der Waals surface area contributed by atoms with Crippen LogP contribution in [0.25, 0.3) is 0 Å². The van der Waals surface area contributed by atoms with Crippen LogP contribution in [0.3, 0.4) is 0 Å². The summed E-state index contributed by atoms with van der Waals surface area (Å²) in [6, 6.07) is 0. The minimum Gasteiger partial charge on any atom is -0.382 e. The second kappa shape index (κ2) is 7.97. The molecule has 0 aliphatic carbocycles. The Balaban J connectivity index is 1.90. The molecule has 0 radical (unpaired) electrons. The first kappa shape index (κ1) is 11.7. The molecule has 1 rings (SSSR count). The molecule has 0 amide bonds. The van der Waals surface area contributed by atoms with Crippen LogP contribution >= 0.6 is 0 Å². The lowest BCUT2D eigenvalue weighted by Crippen LogP contribution is -2.23. The van der Waals surface area contributed by atoms with Gasteiger partial charge in [-0.05, 0) is 31.9 Å². The molecule has 1 heterocycles. The van der Waals surface area contributed by atoms with Gasteiger partial charge in [0.2, 0.25) is 0 Å². The van der Waals surface area contributed by atoms with Gasteiger partial charge in [-0.2, -0.15) is 0 Å². The highest BCUT2D eigenvalue weighted by Crippen LogP contribution is 2.03. The molecule has 0 fully saturated rings. The van der Waals surface area contributed by atoms with Gasteiger partial charge in [0.05, 0.1) is 13.2 Å². The first-order chi connectivity index (χ1) is 6.93.